The second-order valence-electron chi connectivity index (χ2n) is 14.1. The van der Waals surface area contributed by atoms with Gasteiger partial charge in [0.1, 0.15) is 0 Å². The maximum Gasteiger partial charge on any atom is 0.337 e. The van der Waals surface area contributed by atoms with Gasteiger partial charge in [-0.05, 0) is 81.6 Å². The summed E-state index contributed by atoms with van der Waals surface area (Å²) in [6.07, 6.45) is 0. The summed E-state index contributed by atoms with van der Waals surface area (Å²) in [6, 6.07) is 56.5. The molecule has 7 nitrogen and oxygen atoms in total. The molecule has 6 rings (SSSR count). The molecular weight excluding hydrogens is 753 g/mol. The fourth-order valence-electron chi connectivity index (χ4n) is 7.33. The molecule has 6 aromatic rings. The van der Waals surface area contributed by atoms with Crippen LogP contribution in [0.4, 0.5) is 0 Å². The van der Waals surface area contributed by atoms with Crippen molar-refractivity contribution in [2.75, 3.05) is 14.2 Å². The second kappa shape index (κ2) is 16.8. The molecule has 0 N–H and O–H groups in total. The predicted octanol–water partition coefficient (Wildman–Crippen LogP) is 5.35. The molecular formula is C44H46O7Si4. The molecule has 0 aliphatic rings. The zero-order valence-electron chi connectivity index (χ0n) is 32.0. The van der Waals surface area contributed by atoms with Crippen molar-refractivity contribution in [1.29, 1.82) is 0 Å². The average Bonchev–Trinajstić information content (AvgIpc) is 3.22. The Morgan fingerprint density at radius 2 is 0.582 bits per heavy atom. The Kier molecular flexibility index (Phi) is 12.1. The van der Waals surface area contributed by atoms with Crippen LogP contribution in [0.5, 0.6) is 0 Å². The van der Waals surface area contributed by atoms with Gasteiger partial charge >= 0.3 is 29.1 Å². The van der Waals surface area contributed by atoms with E-state index in [-0.39, 0.29) is 0 Å². The zero-order valence-corrected chi connectivity index (χ0v) is 36.0. The molecule has 6 aromatic carbocycles. The first-order chi connectivity index (χ1) is 26.4. The Labute approximate surface area is 328 Å². The molecule has 0 aliphatic carbocycles. The predicted molar refractivity (Wildman–Crippen MR) is 229 cm³/mol. The third-order valence-corrected chi connectivity index (χ3v) is 26.6. The first-order valence-corrected chi connectivity index (χ1v) is 27.6. The molecule has 0 saturated heterocycles. The largest absolute Gasteiger partial charge is 0.465 e. The molecule has 0 atom stereocenters. The Hall–Kier alpha value is -4.99. The van der Waals surface area contributed by atoms with Gasteiger partial charge in [0, 0.05) is 0 Å². The quantitative estimate of drug-likeness (QED) is 0.0837. The standard InChI is InChI=1S/C44H46O7Si4/c1-47-43(45)35-27-31-41(32-28-35)54(37-19-11-7-12-20-37,38-21-13-8-14-22-38)50-52(3,4)49-53(5,6)51-55(39-23-15-9-16-24-39,40-25-17-10-18-26-40)42-33-29-36(30-34-42)44(46)48-2/h7-34H,1-6H3. The molecule has 0 bridgehead atoms. The summed E-state index contributed by atoms with van der Waals surface area (Å²) in [5, 5.41) is 6.17. The first-order valence-electron chi connectivity index (χ1n) is 18.1. The number of hydrogen-bond acceptors (Lipinski definition) is 7. The van der Waals surface area contributed by atoms with Crippen LogP contribution < -0.4 is 31.1 Å². The Morgan fingerprint density at radius 3 is 0.818 bits per heavy atom. The SMILES string of the molecule is COC(=O)c1ccc([Si](O[Si](C)(C)O[Si](C)(C)O[Si](c2ccccc2)(c2ccccc2)c2ccc(C(=O)OC)cc2)(c2ccccc2)c2ccccc2)cc1. The highest BCUT2D eigenvalue weighted by molar-refractivity contribution is 7.12. The van der Waals surface area contributed by atoms with Gasteiger partial charge in [0.05, 0.1) is 25.3 Å². The van der Waals surface area contributed by atoms with Crippen LogP contribution >= 0.6 is 0 Å². The van der Waals surface area contributed by atoms with Gasteiger partial charge in [0.2, 0.25) is 0 Å². The van der Waals surface area contributed by atoms with Crippen molar-refractivity contribution in [3.8, 4) is 0 Å². The van der Waals surface area contributed by atoms with E-state index >= 15 is 0 Å². The van der Waals surface area contributed by atoms with E-state index in [9.17, 15) is 9.59 Å². The second-order valence-corrected chi connectivity index (χ2v) is 28.3. The number of methoxy groups -OCH3 is 2. The van der Waals surface area contributed by atoms with Gasteiger partial charge in [-0.3, -0.25) is 0 Å². The highest BCUT2D eigenvalue weighted by Gasteiger charge is 2.52. The molecule has 280 valence electrons. The van der Waals surface area contributed by atoms with Crippen LogP contribution in [0, 0.1) is 0 Å². The van der Waals surface area contributed by atoms with Crippen LogP contribution in [-0.2, 0) is 21.8 Å². The minimum Gasteiger partial charge on any atom is -0.465 e. The monoisotopic (exact) mass is 798 g/mol. The van der Waals surface area contributed by atoms with Crippen molar-refractivity contribution in [2.24, 2.45) is 0 Å². The molecule has 55 heavy (non-hydrogen) atoms. The molecule has 0 radical (unpaired) electrons. The molecule has 11 heteroatoms. The smallest absolute Gasteiger partial charge is 0.337 e. The molecule has 0 aromatic heterocycles. The molecule has 0 aliphatic heterocycles. The summed E-state index contributed by atoms with van der Waals surface area (Å²) in [4.78, 5) is 25.0. The van der Waals surface area contributed by atoms with Crippen molar-refractivity contribution in [2.45, 2.75) is 26.2 Å². The van der Waals surface area contributed by atoms with Crippen LogP contribution in [0.2, 0.25) is 26.2 Å². The van der Waals surface area contributed by atoms with E-state index < -0.39 is 45.7 Å². The van der Waals surface area contributed by atoms with Gasteiger partial charge in [0.25, 0.3) is 16.6 Å². The van der Waals surface area contributed by atoms with E-state index in [1.54, 1.807) is 24.3 Å². The highest BCUT2D eigenvalue weighted by Crippen LogP contribution is 2.26. The Bertz CT molecular complexity index is 1950. The molecule has 0 spiro atoms. The lowest BCUT2D eigenvalue weighted by molar-refractivity contribution is 0.0592. The number of benzene rings is 6. The number of ether oxygens (including phenoxy) is 2. The fraction of sp³-hybridized carbons (Fsp3) is 0.136. The lowest BCUT2D eigenvalue weighted by atomic mass is 10.2. The molecule has 0 fully saturated rings. The number of esters is 2. The van der Waals surface area contributed by atoms with Crippen molar-refractivity contribution in [3.63, 3.8) is 0 Å². The van der Waals surface area contributed by atoms with Crippen LogP contribution in [0.15, 0.2) is 170 Å². The van der Waals surface area contributed by atoms with Crippen LogP contribution in [0.1, 0.15) is 20.7 Å². The van der Waals surface area contributed by atoms with Crippen LogP contribution in [0.25, 0.3) is 0 Å². The van der Waals surface area contributed by atoms with Gasteiger partial charge in [-0.15, -0.1) is 0 Å². The van der Waals surface area contributed by atoms with E-state index in [2.05, 4.69) is 74.7 Å². The summed E-state index contributed by atoms with van der Waals surface area (Å²) in [5.74, 6) is -0.793. The molecule has 0 amide bonds. The number of rotatable bonds is 14. The van der Waals surface area contributed by atoms with Gasteiger partial charge in [-0.25, -0.2) is 9.59 Å². The number of carbonyl (C=O) groups is 2. The van der Waals surface area contributed by atoms with Crippen molar-refractivity contribution in [3.05, 3.63) is 181 Å². The lowest BCUT2D eigenvalue weighted by Crippen LogP contribution is -2.75. The van der Waals surface area contributed by atoms with Crippen molar-refractivity contribution >= 4 is 76.8 Å². The maximum atomic E-state index is 12.5. The highest BCUT2D eigenvalue weighted by atomic mass is 28.5. The van der Waals surface area contributed by atoms with Gasteiger partial charge < -0.3 is 21.8 Å². The van der Waals surface area contributed by atoms with E-state index in [0.717, 1.165) is 31.1 Å². The Morgan fingerprint density at radius 1 is 0.345 bits per heavy atom. The van der Waals surface area contributed by atoms with E-state index in [0.29, 0.717) is 11.1 Å². The van der Waals surface area contributed by atoms with Gasteiger partial charge in [-0.1, -0.05) is 146 Å². The van der Waals surface area contributed by atoms with Gasteiger partial charge in [0.15, 0.2) is 0 Å². The normalized spacial score (nSPS) is 12.2. The lowest BCUT2D eigenvalue weighted by Gasteiger charge is -2.45. The Balaban J connectivity index is 1.48. The third-order valence-electron chi connectivity index (χ3n) is 9.44. The minimum atomic E-state index is -3.28. The molecule has 0 heterocycles. The van der Waals surface area contributed by atoms with E-state index in [1.807, 2.05) is 97.1 Å². The topological polar surface area (TPSA) is 80.3 Å². The fourth-order valence-corrected chi connectivity index (χ4v) is 27.8. The van der Waals surface area contributed by atoms with Gasteiger partial charge in [-0.2, -0.15) is 0 Å². The summed E-state index contributed by atoms with van der Waals surface area (Å²) in [7, 11) is -10.0. The van der Waals surface area contributed by atoms with E-state index in [4.69, 9.17) is 21.8 Å². The number of carbonyl (C=O) groups excluding carboxylic acids is 2. The molecule has 0 saturated carbocycles. The maximum absolute atomic E-state index is 12.5. The van der Waals surface area contributed by atoms with E-state index in [1.165, 1.54) is 14.2 Å². The number of hydrogen-bond donors (Lipinski definition) is 0. The van der Waals surface area contributed by atoms with Crippen molar-refractivity contribution in [1.82, 2.24) is 0 Å². The van der Waals surface area contributed by atoms with Crippen LogP contribution in [-0.4, -0.2) is 59.9 Å². The summed E-state index contributed by atoms with van der Waals surface area (Å²) in [6.45, 7) is 8.39. The summed E-state index contributed by atoms with van der Waals surface area (Å²) < 4.78 is 32.8. The summed E-state index contributed by atoms with van der Waals surface area (Å²) in [5.41, 5.74) is 0.931. The summed E-state index contributed by atoms with van der Waals surface area (Å²) >= 11 is 0. The zero-order chi connectivity index (χ0) is 39.1. The molecule has 0 unspecified atom stereocenters. The first kappa shape index (κ1) is 39.7. The van der Waals surface area contributed by atoms with Crippen molar-refractivity contribution < 1.29 is 31.4 Å². The average molecular weight is 799 g/mol. The van der Waals surface area contributed by atoms with Crippen LogP contribution in [0.3, 0.4) is 0 Å². The minimum absolute atomic E-state index is 0.397. The third kappa shape index (κ3) is 8.48.